The highest BCUT2D eigenvalue weighted by molar-refractivity contribution is 5.94. The van der Waals surface area contributed by atoms with Crippen LogP contribution in [0, 0.1) is 5.92 Å². The molecule has 9 nitrogen and oxygen atoms in total. The minimum Gasteiger partial charge on any atom is -0.393 e. The van der Waals surface area contributed by atoms with Crippen molar-refractivity contribution in [3.8, 4) is 0 Å². The molecule has 2 aliphatic rings. The summed E-state index contributed by atoms with van der Waals surface area (Å²) < 4.78 is 5.05. The maximum Gasteiger partial charge on any atom is 0.239 e. The summed E-state index contributed by atoms with van der Waals surface area (Å²) in [4.78, 5) is 47.5. The highest BCUT2D eigenvalue weighted by Crippen LogP contribution is 2.29. The van der Waals surface area contributed by atoms with Crippen molar-refractivity contribution in [3.63, 3.8) is 0 Å². The van der Waals surface area contributed by atoms with Gasteiger partial charge in [-0.3, -0.25) is 19.2 Å². The van der Waals surface area contributed by atoms with E-state index < -0.39 is 36.0 Å². The van der Waals surface area contributed by atoms with Crippen LogP contribution in [0.1, 0.15) is 45.4 Å². The van der Waals surface area contributed by atoms with Gasteiger partial charge in [-0.2, -0.15) is 0 Å². The lowest BCUT2D eigenvalue weighted by Crippen LogP contribution is -2.48. The molecule has 0 radical (unpaired) electrons. The fourth-order valence-electron chi connectivity index (χ4n) is 3.27. The van der Waals surface area contributed by atoms with Gasteiger partial charge in [0.05, 0.1) is 38.3 Å². The largest absolute Gasteiger partial charge is 0.393 e. The van der Waals surface area contributed by atoms with Crippen molar-refractivity contribution in [3.05, 3.63) is 0 Å². The van der Waals surface area contributed by atoms with Crippen LogP contribution < -0.4 is 16.0 Å². The van der Waals surface area contributed by atoms with Crippen molar-refractivity contribution in [1.82, 2.24) is 16.0 Å². The fourth-order valence-corrected chi connectivity index (χ4v) is 3.27. The molecule has 27 heavy (non-hydrogen) atoms. The molecule has 1 aliphatic heterocycles. The number of carbonyl (C=O) groups is 4. The van der Waals surface area contributed by atoms with Gasteiger partial charge in [-0.05, 0) is 19.3 Å². The third-order valence-electron chi connectivity index (χ3n) is 4.75. The van der Waals surface area contributed by atoms with Crippen LogP contribution >= 0.6 is 0 Å². The second kappa shape index (κ2) is 10.4. The van der Waals surface area contributed by atoms with Crippen LogP contribution in [0.5, 0.6) is 0 Å². The molecule has 1 aliphatic carbocycles. The van der Waals surface area contributed by atoms with E-state index in [1.165, 1.54) is 6.92 Å². The van der Waals surface area contributed by atoms with E-state index in [4.69, 9.17) is 9.84 Å². The Balaban J connectivity index is 1.71. The van der Waals surface area contributed by atoms with E-state index in [9.17, 15) is 19.2 Å². The number of hydrogen-bond acceptors (Lipinski definition) is 6. The summed E-state index contributed by atoms with van der Waals surface area (Å²) in [6.45, 7) is 1.32. The number of aliphatic hydroxyl groups excluding tert-OH is 1. The van der Waals surface area contributed by atoms with Crippen LogP contribution in [0.25, 0.3) is 0 Å². The topological polar surface area (TPSA) is 137 Å². The molecule has 152 valence electrons. The SMILES string of the molecule is CC(O)CC(=O)NCC(=O)NCC(=O)NC(CC1CCCC1)C(=O)C1CO1. The van der Waals surface area contributed by atoms with Gasteiger partial charge in [0.15, 0.2) is 5.78 Å². The van der Waals surface area contributed by atoms with Crippen LogP contribution in [0.3, 0.4) is 0 Å². The van der Waals surface area contributed by atoms with Gasteiger partial charge in [0, 0.05) is 0 Å². The molecule has 0 aromatic carbocycles. The molecule has 9 heteroatoms. The van der Waals surface area contributed by atoms with Gasteiger partial charge in [0.25, 0.3) is 0 Å². The first-order valence-corrected chi connectivity index (χ1v) is 9.51. The van der Waals surface area contributed by atoms with Crippen LogP contribution in [-0.2, 0) is 23.9 Å². The lowest BCUT2D eigenvalue weighted by atomic mass is 9.94. The summed E-state index contributed by atoms with van der Waals surface area (Å²) in [5.74, 6) is -1.09. The van der Waals surface area contributed by atoms with Crippen molar-refractivity contribution in [2.75, 3.05) is 19.7 Å². The summed E-state index contributed by atoms with van der Waals surface area (Å²) in [5.41, 5.74) is 0. The summed E-state index contributed by atoms with van der Waals surface area (Å²) in [7, 11) is 0. The number of amides is 3. The van der Waals surface area contributed by atoms with Gasteiger partial charge < -0.3 is 25.8 Å². The highest BCUT2D eigenvalue weighted by atomic mass is 16.6. The number of Topliss-reactive ketones (excluding diaryl/α,β-unsaturated/α-hetero) is 1. The normalized spacial score (nSPS) is 21.2. The first-order valence-electron chi connectivity index (χ1n) is 9.51. The zero-order valence-corrected chi connectivity index (χ0v) is 15.7. The number of aliphatic hydroxyl groups is 1. The van der Waals surface area contributed by atoms with Crippen molar-refractivity contribution in [2.45, 2.75) is 63.7 Å². The Hall–Kier alpha value is -2.00. The molecule has 0 aromatic rings. The summed E-state index contributed by atoms with van der Waals surface area (Å²) >= 11 is 0. The van der Waals surface area contributed by atoms with Crippen LogP contribution in [0.2, 0.25) is 0 Å². The highest BCUT2D eigenvalue weighted by Gasteiger charge is 2.38. The van der Waals surface area contributed by atoms with Crippen molar-refractivity contribution in [1.29, 1.82) is 0 Å². The van der Waals surface area contributed by atoms with Gasteiger partial charge in [0.2, 0.25) is 17.7 Å². The second-order valence-corrected chi connectivity index (χ2v) is 7.34. The fraction of sp³-hybridized carbons (Fsp3) is 0.778. The minimum absolute atomic E-state index is 0.0953. The van der Waals surface area contributed by atoms with Gasteiger partial charge in [0.1, 0.15) is 6.10 Å². The molecule has 0 spiro atoms. The maximum absolute atomic E-state index is 12.3. The number of hydrogen-bond donors (Lipinski definition) is 4. The maximum atomic E-state index is 12.3. The van der Waals surface area contributed by atoms with Crippen molar-refractivity contribution in [2.24, 2.45) is 5.92 Å². The van der Waals surface area contributed by atoms with E-state index >= 15 is 0 Å². The zero-order chi connectivity index (χ0) is 19.8. The average Bonchev–Trinajstić information content (AvgIpc) is 3.33. The number of ether oxygens (including phenoxy) is 1. The molecule has 1 heterocycles. The van der Waals surface area contributed by atoms with E-state index in [2.05, 4.69) is 16.0 Å². The zero-order valence-electron chi connectivity index (χ0n) is 15.7. The average molecular weight is 383 g/mol. The first-order chi connectivity index (χ1) is 12.8. The molecule has 0 aromatic heterocycles. The van der Waals surface area contributed by atoms with E-state index in [1.54, 1.807) is 0 Å². The molecule has 3 amide bonds. The summed E-state index contributed by atoms with van der Waals surface area (Å²) in [6.07, 6.45) is 3.73. The van der Waals surface area contributed by atoms with Crippen molar-refractivity contribution >= 4 is 23.5 Å². The second-order valence-electron chi connectivity index (χ2n) is 7.34. The van der Waals surface area contributed by atoms with Crippen LogP contribution in [-0.4, -0.2) is 66.6 Å². The van der Waals surface area contributed by atoms with E-state index in [0.717, 1.165) is 25.7 Å². The molecular formula is C18H29N3O6. The van der Waals surface area contributed by atoms with Gasteiger partial charge in [-0.1, -0.05) is 25.7 Å². The van der Waals surface area contributed by atoms with E-state index in [1.807, 2.05) is 0 Å². The van der Waals surface area contributed by atoms with Crippen LogP contribution in [0.15, 0.2) is 0 Å². The number of rotatable bonds is 11. The molecule has 2 fully saturated rings. The Labute approximate surface area is 158 Å². The Bertz CT molecular complexity index is 555. The molecule has 2 rings (SSSR count). The van der Waals surface area contributed by atoms with Gasteiger partial charge in [-0.25, -0.2) is 0 Å². The van der Waals surface area contributed by atoms with Crippen LogP contribution in [0.4, 0.5) is 0 Å². The predicted octanol–water partition coefficient (Wildman–Crippen LogP) is -0.977. The molecule has 1 saturated heterocycles. The summed E-state index contributed by atoms with van der Waals surface area (Å²) in [6, 6.07) is -0.587. The van der Waals surface area contributed by atoms with Gasteiger partial charge >= 0.3 is 0 Å². The number of carbonyl (C=O) groups excluding carboxylic acids is 4. The predicted molar refractivity (Wildman–Crippen MR) is 95.6 cm³/mol. The molecular weight excluding hydrogens is 354 g/mol. The molecule has 3 unspecified atom stereocenters. The number of epoxide rings is 1. The standard InChI is InChI=1S/C18H29N3O6/c1-11(22)6-15(23)19-8-16(24)20-9-17(25)21-13(18(26)14-10-27-14)7-12-4-2-3-5-12/h11-14,22H,2-10H2,1H3,(H,19,23)(H,20,24)(H,21,25). The third-order valence-corrected chi connectivity index (χ3v) is 4.75. The quantitative estimate of drug-likeness (QED) is 0.339. The molecule has 0 bridgehead atoms. The van der Waals surface area contributed by atoms with Gasteiger partial charge in [-0.15, -0.1) is 0 Å². The van der Waals surface area contributed by atoms with E-state index in [-0.39, 0.29) is 25.3 Å². The molecule has 4 N–H and O–H groups in total. The number of ketones is 1. The molecule has 3 atom stereocenters. The third kappa shape index (κ3) is 8.04. The minimum atomic E-state index is -0.788. The number of nitrogens with one attached hydrogen (secondary N) is 3. The lowest BCUT2D eigenvalue weighted by molar-refractivity contribution is -0.130. The molecule has 1 saturated carbocycles. The Morgan fingerprint density at radius 2 is 1.63 bits per heavy atom. The smallest absolute Gasteiger partial charge is 0.239 e. The first kappa shape index (κ1) is 21.3. The van der Waals surface area contributed by atoms with E-state index in [0.29, 0.717) is 18.9 Å². The Kier molecular flexibility index (Phi) is 8.18. The van der Waals surface area contributed by atoms with Crippen molar-refractivity contribution < 1.29 is 29.0 Å². The lowest BCUT2D eigenvalue weighted by Gasteiger charge is -2.20. The summed E-state index contributed by atoms with van der Waals surface area (Å²) in [5, 5.41) is 16.6. The Morgan fingerprint density at radius 1 is 1.04 bits per heavy atom. The monoisotopic (exact) mass is 383 g/mol. The Morgan fingerprint density at radius 3 is 2.22 bits per heavy atom.